The van der Waals surface area contributed by atoms with Crippen molar-refractivity contribution in [3.63, 3.8) is 0 Å². The largest absolute Gasteiger partial charge is 0.465 e. The van der Waals surface area contributed by atoms with Gasteiger partial charge in [-0.3, -0.25) is 9.58 Å². The average Bonchev–Trinajstić information content (AvgIpc) is 3.29. The Hall–Kier alpha value is -2.32. The molecule has 8 nitrogen and oxygen atoms in total. The van der Waals surface area contributed by atoms with Crippen LogP contribution in [0.3, 0.4) is 0 Å². The smallest absolute Gasteiger partial charge is 0.191 e. The van der Waals surface area contributed by atoms with Crippen LogP contribution in [-0.2, 0) is 18.3 Å². The van der Waals surface area contributed by atoms with Crippen molar-refractivity contribution >= 4 is 5.96 Å². The summed E-state index contributed by atoms with van der Waals surface area (Å²) in [6, 6.07) is 6.21. The second-order valence-corrected chi connectivity index (χ2v) is 6.63. The molecule has 1 fully saturated rings. The number of morpholine rings is 1. The third-order valence-corrected chi connectivity index (χ3v) is 4.70. The first-order valence-electron chi connectivity index (χ1n) is 9.54. The van der Waals surface area contributed by atoms with Crippen LogP contribution < -0.4 is 10.6 Å². The van der Waals surface area contributed by atoms with Gasteiger partial charge in [0.2, 0.25) is 0 Å². The number of aliphatic imine (C=N–C) groups is 1. The van der Waals surface area contributed by atoms with Crippen LogP contribution in [0.2, 0.25) is 0 Å². The second-order valence-electron chi connectivity index (χ2n) is 6.63. The lowest BCUT2D eigenvalue weighted by atomic mass is 10.1. The molecule has 1 aliphatic heterocycles. The number of furan rings is 1. The van der Waals surface area contributed by atoms with Gasteiger partial charge in [-0.05, 0) is 32.0 Å². The first kappa shape index (κ1) is 19.4. The molecule has 0 radical (unpaired) electrons. The van der Waals surface area contributed by atoms with Crippen LogP contribution in [0.25, 0.3) is 0 Å². The van der Waals surface area contributed by atoms with Crippen LogP contribution in [0.5, 0.6) is 0 Å². The number of nitrogens with zero attached hydrogens (tertiary/aromatic N) is 4. The van der Waals surface area contributed by atoms with Crippen molar-refractivity contribution < 1.29 is 9.15 Å². The monoisotopic (exact) mass is 374 g/mol. The predicted molar refractivity (Wildman–Crippen MR) is 105 cm³/mol. The van der Waals surface area contributed by atoms with Crippen molar-refractivity contribution in [2.75, 3.05) is 39.4 Å². The van der Waals surface area contributed by atoms with Crippen molar-refractivity contribution in [1.29, 1.82) is 0 Å². The first-order chi connectivity index (χ1) is 13.2. The lowest BCUT2D eigenvalue weighted by molar-refractivity contribution is 0.0124. The Morgan fingerprint density at radius 3 is 2.70 bits per heavy atom. The van der Waals surface area contributed by atoms with Crippen molar-refractivity contribution in [2.45, 2.75) is 26.4 Å². The van der Waals surface area contributed by atoms with Crippen molar-refractivity contribution in [3.05, 3.63) is 41.6 Å². The van der Waals surface area contributed by atoms with E-state index < -0.39 is 0 Å². The summed E-state index contributed by atoms with van der Waals surface area (Å²) in [6.45, 7) is 9.44. The molecule has 0 amide bonds. The van der Waals surface area contributed by atoms with E-state index in [0.717, 1.165) is 56.0 Å². The number of ether oxygens (including phenoxy) is 1. The van der Waals surface area contributed by atoms with Gasteiger partial charge in [0, 0.05) is 39.4 Å². The summed E-state index contributed by atoms with van der Waals surface area (Å²) in [7, 11) is 1.93. The van der Waals surface area contributed by atoms with Crippen molar-refractivity contribution in [3.8, 4) is 0 Å². The summed E-state index contributed by atoms with van der Waals surface area (Å²) in [5, 5.41) is 11.0. The second kappa shape index (κ2) is 9.57. The van der Waals surface area contributed by atoms with Crippen LogP contribution in [0.4, 0.5) is 0 Å². The zero-order valence-corrected chi connectivity index (χ0v) is 16.4. The number of hydrogen-bond donors (Lipinski definition) is 2. The van der Waals surface area contributed by atoms with Crippen LogP contribution in [0.15, 0.2) is 33.8 Å². The van der Waals surface area contributed by atoms with Gasteiger partial charge in [0.15, 0.2) is 5.96 Å². The minimum atomic E-state index is 0.142. The van der Waals surface area contributed by atoms with Gasteiger partial charge in [0.05, 0.1) is 31.5 Å². The van der Waals surface area contributed by atoms with E-state index in [1.165, 1.54) is 0 Å². The van der Waals surface area contributed by atoms with Crippen LogP contribution >= 0.6 is 0 Å². The molecule has 27 heavy (non-hydrogen) atoms. The van der Waals surface area contributed by atoms with E-state index in [-0.39, 0.29) is 6.04 Å². The van der Waals surface area contributed by atoms with Gasteiger partial charge in [-0.1, -0.05) is 0 Å². The van der Waals surface area contributed by atoms with Gasteiger partial charge in [-0.25, -0.2) is 4.99 Å². The summed E-state index contributed by atoms with van der Waals surface area (Å²) in [6.07, 6.45) is 1.79. The first-order valence-corrected chi connectivity index (χ1v) is 9.54. The molecule has 0 aliphatic carbocycles. The maximum atomic E-state index is 5.93. The Bertz CT molecular complexity index is 732. The SMILES string of the molecule is CCNC(=NCc1ccnn1C)NCC(c1ccc(C)o1)N1CCOCC1. The molecule has 2 N–H and O–H groups in total. The molecule has 1 atom stereocenters. The molecule has 3 heterocycles. The molecule has 2 aromatic heterocycles. The number of nitrogens with one attached hydrogen (secondary N) is 2. The van der Waals surface area contributed by atoms with E-state index in [4.69, 9.17) is 14.1 Å². The third kappa shape index (κ3) is 5.33. The Balaban J connectivity index is 1.68. The molecule has 8 heteroatoms. The van der Waals surface area contributed by atoms with E-state index in [1.54, 1.807) is 6.20 Å². The lowest BCUT2D eigenvalue weighted by Crippen LogP contribution is -2.46. The van der Waals surface area contributed by atoms with Gasteiger partial charge >= 0.3 is 0 Å². The molecule has 3 rings (SSSR count). The highest BCUT2D eigenvalue weighted by molar-refractivity contribution is 5.79. The quantitative estimate of drug-likeness (QED) is 0.564. The van der Waals surface area contributed by atoms with Gasteiger partial charge in [0.25, 0.3) is 0 Å². The van der Waals surface area contributed by atoms with Crippen LogP contribution in [-0.4, -0.2) is 60.0 Å². The van der Waals surface area contributed by atoms with Crippen molar-refractivity contribution in [2.24, 2.45) is 12.0 Å². The molecule has 0 bridgehead atoms. The van der Waals surface area contributed by atoms with E-state index >= 15 is 0 Å². The van der Waals surface area contributed by atoms with E-state index in [2.05, 4.69) is 33.6 Å². The standard InChI is InChI=1S/C19H30N6O2/c1-4-20-19(21-13-16-7-8-23-24(16)3)22-14-17(18-6-5-15(2)27-18)25-9-11-26-12-10-25/h5-8,17H,4,9-14H2,1-3H3,(H2,20,21,22). The van der Waals surface area contributed by atoms with E-state index in [9.17, 15) is 0 Å². The normalized spacial score (nSPS) is 17.1. The number of guanidine groups is 1. The van der Waals surface area contributed by atoms with Crippen LogP contribution in [0.1, 0.15) is 30.2 Å². The molecule has 2 aromatic rings. The molecule has 1 aliphatic rings. The van der Waals surface area contributed by atoms with Crippen molar-refractivity contribution in [1.82, 2.24) is 25.3 Å². The van der Waals surface area contributed by atoms with Crippen LogP contribution in [0, 0.1) is 6.92 Å². The lowest BCUT2D eigenvalue weighted by Gasteiger charge is -2.33. The molecule has 0 spiro atoms. The summed E-state index contributed by atoms with van der Waals surface area (Å²) < 4.78 is 13.3. The highest BCUT2D eigenvalue weighted by Gasteiger charge is 2.25. The molecule has 1 unspecified atom stereocenters. The Kier molecular flexibility index (Phi) is 6.89. The third-order valence-electron chi connectivity index (χ3n) is 4.70. The molecule has 148 valence electrons. The number of aryl methyl sites for hydroxylation is 2. The average molecular weight is 374 g/mol. The Labute approximate surface area is 160 Å². The van der Waals surface area contributed by atoms with Gasteiger partial charge in [-0.15, -0.1) is 0 Å². The van der Waals surface area contributed by atoms with E-state index in [0.29, 0.717) is 13.1 Å². The number of hydrogen-bond acceptors (Lipinski definition) is 5. The number of rotatable bonds is 7. The summed E-state index contributed by atoms with van der Waals surface area (Å²) in [5.41, 5.74) is 1.07. The highest BCUT2D eigenvalue weighted by atomic mass is 16.5. The molecule has 0 saturated carbocycles. The van der Waals surface area contributed by atoms with Gasteiger partial charge in [0.1, 0.15) is 11.5 Å². The zero-order valence-electron chi connectivity index (χ0n) is 16.4. The highest BCUT2D eigenvalue weighted by Crippen LogP contribution is 2.23. The maximum absolute atomic E-state index is 5.93. The minimum absolute atomic E-state index is 0.142. The summed E-state index contributed by atoms with van der Waals surface area (Å²) in [5.74, 6) is 2.70. The van der Waals surface area contributed by atoms with Gasteiger partial charge in [-0.2, -0.15) is 5.10 Å². The minimum Gasteiger partial charge on any atom is -0.465 e. The molecular formula is C19H30N6O2. The summed E-state index contributed by atoms with van der Waals surface area (Å²) >= 11 is 0. The predicted octanol–water partition coefficient (Wildman–Crippen LogP) is 1.45. The Morgan fingerprint density at radius 1 is 1.26 bits per heavy atom. The fourth-order valence-corrected chi connectivity index (χ4v) is 3.18. The topological polar surface area (TPSA) is 79.8 Å². The zero-order chi connectivity index (χ0) is 19.1. The Morgan fingerprint density at radius 2 is 2.07 bits per heavy atom. The fourth-order valence-electron chi connectivity index (χ4n) is 3.18. The molecule has 1 saturated heterocycles. The summed E-state index contributed by atoms with van der Waals surface area (Å²) in [4.78, 5) is 7.09. The molecule has 0 aromatic carbocycles. The molecular weight excluding hydrogens is 344 g/mol. The fraction of sp³-hybridized carbons (Fsp3) is 0.579. The van der Waals surface area contributed by atoms with Gasteiger partial charge < -0.3 is 19.8 Å². The maximum Gasteiger partial charge on any atom is 0.191 e. The number of aromatic nitrogens is 2. The van der Waals surface area contributed by atoms with E-state index in [1.807, 2.05) is 30.8 Å².